The molecular weight excluding hydrogens is 326 g/mol. The summed E-state index contributed by atoms with van der Waals surface area (Å²) < 4.78 is 5.70. The molecule has 1 aromatic rings. The average Bonchev–Trinajstić information content (AvgIpc) is 2.23. The van der Waals surface area contributed by atoms with Gasteiger partial charge in [-0.2, -0.15) is 0 Å². The van der Waals surface area contributed by atoms with Crippen LogP contribution in [0.4, 0.5) is 4.79 Å². The first kappa shape index (κ1) is 16.5. The highest BCUT2D eigenvalue weighted by Crippen LogP contribution is 2.25. The predicted octanol–water partition coefficient (Wildman–Crippen LogP) is 3.41. The molecule has 1 aromatic carbocycles. The van der Waals surface area contributed by atoms with Crippen molar-refractivity contribution in [1.29, 1.82) is 0 Å². The van der Waals surface area contributed by atoms with Gasteiger partial charge in [0.2, 0.25) is 0 Å². The highest BCUT2D eigenvalue weighted by molar-refractivity contribution is 9.10. The van der Waals surface area contributed by atoms with Crippen molar-refractivity contribution in [2.75, 3.05) is 0 Å². The quantitative estimate of drug-likeness (QED) is 0.881. The molecule has 1 amide bonds. The van der Waals surface area contributed by atoms with E-state index >= 15 is 0 Å². The van der Waals surface area contributed by atoms with Gasteiger partial charge in [0.15, 0.2) is 6.04 Å². The van der Waals surface area contributed by atoms with Gasteiger partial charge in [-0.15, -0.1) is 0 Å². The van der Waals surface area contributed by atoms with Crippen LogP contribution in [-0.4, -0.2) is 22.8 Å². The van der Waals surface area contributed by atoms with E-state index in [-0.39, 0.29) is 0 Å². The van der Waals surface area contributed by atoms with Gasteiger partial charge in [0.25, 0.3) is 0 Å². The van der Waals surface area contributed by atoms with Crippen LogP contribution < -0.4 is 5.32 Å². The zero-order chi connectivity index (χ0) is 15.5. The van der Waals surface area contributed by atoms with Crippen molar-refractivity contribution in [2.45, 2.75) is 39.3 Å². The van der Waals surface area contributed by atoms with Crippen LogP contribution in [-0.2, 0) is 9.53 Å². The van der Waals surface area contributed by atoms with Crippen LogP contribution in [0.1, 0.15) is 37.9 Å². The Morgan fingerprint density at radius 3 is 2.40 bits per heavy atom. The number of nitrogens with one attached hydrogen (secondary N) is 1. The molecule has 0 aliphatic carbocycles. The zero-order valence-electron chi connectivity index (χ0n) is 11.9. The van der Waals surface area contributed by atoms with E-state index < -0.39 is 23.7 Å². The molecule has 0 heterocycles. The lowest BCUT2D eigenvalue weighted by Crippen LogP contribution is -2.38. The van der Waals surface area contributed by atoms with Gasteiger partial charge < -0.3 is 15.2 Å². The van der Waals surface area contributed by atoms with Crippen molar-refractivity contribution >= 4 is 28.0 Å². The van der Waals surface area contributed by atoms with Gasteiger partial charge in [0, 0.05) is 4.47 Å². The number of halogens is 1. The lowest BCUT2D eigenvalue weighted by Gasteiger charge is -2.22. The van der Waals surface area contributed by atoms with Crippen LogP contribution in [0.2, 0.25) is 0 Å². The number of carboxylic acid groups (broad SMARTS) is 1. The Labute approximate surface area is 126 Å². The number of alkyl carbamates (subject to hydrolysis) is 1. The maximum Gasteiger partial charge on any atom is 0.408 e. The van der Waals surface area contributed by atoms with Crippen LogP contribution >= 0.6 is 15.9 Å². The van der Waals surface area contributed by atoms with Crippen LogP contribution in [0.25, 0.3) is 0 Å². The SMILES string of the molecule is Cc1ccc(C(NC(=O)OC(C)(C)C)C(=O)O)c(Br)c1. The summed E-state index contributed by atoms with van der Waals surface area (Å²) >= 11 is 3.31. The molecule has 0 bridgehead atoms. The Kier molecular flexibility index (Phi) is 5.16. The molecule has 110 valence electrons. The van der Waals surface area contributed by atoms with Crippen LogP contribution in [0, 0.1) is 6.92 Å². The third kappa shape index (κ3) is 4.85. The predicted molar refractivity (Wildman–Crippen MR) is 78.6 cm³/mol. The molecule has 0 aromatic heterocycles. The summed E-state index contributed by atoms with van der Waals surface area (Å²) in [6.07, 6.45) is -0.766. The molecule has 0 spiro atoms. The second-order valence-corrected chi connectivity index (χ2v) is 6.30. The second-order valence-electron chi connectivity index (χ2n) is 5.44. The number of aliphatic carboxylic acids is 1. The number of carboxylic acids is 1. The Morgan fingerprint density at radius 2 is 1.95 bits per heavy atom. The molecule has 0 fully saturated rings. The first-order valence-electron chi connectivity index (χ1n) is 6.08. The van der Waals surface area contributed by atoms with Crippen LogP contribution in [0.3, 0.4) is 0 Å². The van der Waals surface area contributed by atoms with Crippen molar-refractivity contribution in [3.05, 3.63) is 33.8 Å². The minimum Gasteiger partial charge on any atom is -0.479 e. The van der Waals surface area contributed by atoms with Crippen molar-refractivity contribution < 1.29 is 19.4 Å². The normalized spacial score (nSPS) is 12.7. The van der Waals surface area contributed by atoms with E-state index in [9.17, 15) is 14.7 Å². The van der Waals surface area contributed by atoms with Crippen LogP contribution in [0.5, 0.6) is 0 Å². The fraction of sp³-hybridized carbons (Fsp3) is 0.429. The Bertz CT molecular complexity index is 522. The van der Waals surface area contributed by atoms with Gasteiger partial charge in [0.1, 0.15) is 5.60 Å². The summed E-state index contributed by atoms with van der Waals surface area (Å²) in [6, 6.07) is 4.07. The maximum absolute atomic E-state index is 11.7. The highest BCUT2D eigenvalue weighted by atomic mass is 79.9. The number of ether oxygens (including phenoxy) is 1. The Hall–Kier alpha value is -1.56. The summed E-state index contributed by atoms with van der Waals surface area (Å²) in [5, 5.41) is 11.6. The van der Waals surface area contributed by atoms with E-state index in [1.54, 1.807) is 39.0 Å². The van der Waals surface area contributed by atoms with E-state index in [0.29, 0.717) is 10.0 Å². The maximum atomic E-state index is 11.7. The summed E-state index contributed by atoms with van der Waals surface area (Å²) in [6.45, 7) is 7.03. The smallest absolute Gasteiger partial charge is 0.408 e. The molecule has 0 aliphatic rings. The molecule has 20 heavy (non-hydrogen) atoms. The number of hydrogen-bond acceptors (Lipinski definition) is 3. The first-order valence-corrected chi connectivity index (χ1v) is 6.88. The molecule has 1 rings (SSSR count). The van der Waals surface area contributed by atoms with Crippen molar-refractivity contribution in [1.82, 2.24) is 5.32 Å². The molecule has 0 radical (unpaired) electrons. The number of hydrogen-bond donors (Lipinski definition) is 2. The standard InChI is InChI=1S/C14H18BrNO4/c1-8-5-6-9(10(15)7-8)11(12(17)18)16-13(19)20-14(2,3)4/h5-7,11H,1-4H3,(H,16,19)(H,17,18). The average molecular weight is 344 g/mol. The fourth-order valence-electron chi connectivity index (χ4n) is 1.56. The lowest BCUT2D eigenvalue weighted by atomic mass is 10.1. The topological polar surface area (TPSA) is 75.6 Å². The number of benzene rings is 1. The number of amides is 1. The molecule has 1 atom stereocenters. The van der Waals surface area contributed by atoms with Gasteiger partial charge in [-0.1, -0.05) is 28.1 Å². The Morgan fingerprint density at radius 1 is 1.35 bits per heavy atom. The van der Waals surface area contributed by atoms with E-state index in [1.807, 2.05) is 6.92 Å². The molecule has 0 saturated carbocycles. The number of carbonyl (C=O) groups is 2. The summed E-state index contributed by atoms with van der Waals surface area (Å²) in [4.78, 5) is 23.1. The molecular formula is C14H18BrNO4. The van der Waals surface area contributed by atoms with Crippen molar-refractivity contribution in [3.63, 3.8) is 0 Å². The van der Waals surface area contributed by atoms with Gasteiger partial charge in [0.05, 0.1) is 0 Å². The van der Waals surface area contributed by atoms with Crippen LogP contribution in [0.15, 0.2) is 22.7 Å². The minimum absolute atomic E-state index is 0.467. The van der Waals surface area contributed by atoms with E-state index in [0.717, 1.165) is 5.56 Å². The van der Waals surface area contributed by atoms with Gasteiger partial charge in [-0.25, -0.2) is 9.59 Å². The monoisotopic (exact) mass is 343 g/mol. The molecule has 5 nitrogen and oxygen atoms in total. The Balaban J connectivity index is 2.96. The summed E-state index contributed by atoms with van der Waals surface area (Å²) in [7, 11) is 0. The molecule has 6 heteroatoms. The van der Waals surface area contributed by atoms with E-state index in [2.05, 4.69) is 21.2 Å². The first-order chi connectivity index (χ1) is 9.10. The highest BCUT2D eigenvalue weighted by Gasteiger charge is 2.26. The van der Waals surface area contributed by atoms with Crippen molar-refractivity contribution in [3.8, 4) is 0 Å². The van der Waals surface area contributed by atoms with E-state index in [1.165, 1.54) is 0 Å². The van der Waals surface area contributed by atoms with Gasteiger partial charge >= 0.3 is 12.1 Å². The van der Waals surface area contributed by atoms with Gasteiger partial charge in [-0.3, -0.25) is 0 Å². The summed E-state index contributed by atoms with van der Waals surface area (Å²) in [5.74, 6) is -1.15. The third-order valence-electron chi connectivity index (χ3n) is 2.37. The lowest BCUT2D eigenvalue weighted by molar-refractivity contribution is -0.139. The number of rotatable bonds is 3. The molecule has 0 aliphatic heterocycles. The van der Waals surface area contributed by atoms with Gasteiger partial charge in [-0.05, 0) is 44.9 Å². The second kappa shape index (κ2) is 6.26. The minimum atomic E-state index is -1.17. The fourth-order valence-corrected chi connectivity index (χ4v) is 2.29. The molecule has 1 unspecified atom stereocenters. The third-order valence-corrected chi connectivity index (χ3v) is 3.06. The molecule has 0 saturated heterocycles. The zero-order valence-corrected chi connectivity index (χ0v) is 13.4. The summed E-state index contributed by atoms with van der Waals surface area (Å²) in [5.41, 5.74) is 0.772. The van der Waals surface area contributed by atoms with Crippen molar-refractivity contribution in [2.24, 2.45) is 0 Å². The molecule has 2 N–H and O–H groups in total. The number of carbonyl (C=O) groups excluding carboxylic acids is 1. The largest absolute Gasteiger partial charge is 0.479 e. The number of aryl methyl sites for hydroxylation is 1. The van der Waals surface area contributed by atoms with E-state index in [4.69, 9.17) is 4.74 Å².